The summed E-state index contributed by atoms with van der Waals surface area (Å²) in [5.74, 6) is 0.475. The van der Waals surface area contributed by atoms with Crippen LogP contribution < -0.4 is 5.73 Å². The number of aromatic nitrogens is 2. The van der Waals surface area contributed by atoms with Crippen molar-refractivity contribution in [2.45, 2.75) is 20.8 Å². The van der Waals surface area contributed by atoms with Crippen LogP contribution in [0, 0.1) is 20.8 Å². The Bertz CT molecular complexity index is 1220. The summed E-state index contributed by atoms with van der Waals surface area (Å²) < 4.78 is 5.49. The van der Waals surface area contributed by atoms with Crippen molar-refractivity contribution in [3.8, 4) is 34.0 Å². The molecule has 5 heteroatoms. The molecule has 1 amide bonds. The van der Waals surface area contributed by atoms with E-state index < -0.39 is 5.91 Å². The molecule has 0 bridgehead atoms. The molecule has 0 saturated heterocycles. The van der Waals surface area contributed by atoms with Crippen LogP contribution in [-0.4, -0.2) is 16.0 Å². The summed E-state index contributed by atoms with van der Waals surface area (Å²) in [6, 6.07) is 19.8. The smallest absolute Gasteiger partial charge is 0.258 e. The largest absolute Gasteiger partial charge is 0.366 e. The molecule has 1 heterocycles. The highest BCUT2D eigenvalue weighted by Gasteiger charge is 2.14. The van der Waals surface area contributed by atoms with E-state index in [2.05, 4.69) is 48.3 Å². The molecule has 5 nitrogen and oxygen atoms in total. The molecule has 0 aliphatic heterocycles. The Kier molecular flexibility index (Phi) is 4.72. The first kappa shape index (κ1) is 18.6. The van der Waals surface area contributed by atoms with Gasteiger partial charge in [0.05, 0.1) is 0 Å². The van der Waals surface area contributed by atoms with Crippen LogP contribution in [0.1, 0.15) is 27.0 Å². The fraction of sp³-hybridized carbons (Fsp3) is 0.125. The molecule has 0 spiro atoms. The van der Waals surface area contributed by atoms with E-state index in [1.54, 1.807) is 12.1 Å². The van der Waals surface area contributed by atoms with Gasteiger partial charge in [-0.05, 0) is 72.9 Å². The Morgan fingerprint density at radius 1 is 0.828 bits per heavy atom. The third-order valence-electron chi connectivity index (χ3n) is 5.08. The first-order valence-electron chi connectivity index (χ1n) is 9.35. The van der Waals surface area contributed by atoms with Gasteiger partial charge in [0.2, 0.25) is 11.7 Å². The average Bonchev–Trinajstić information content (AvgIpc) is 3.18. The molecule has 29 heavy (non-hydrogen) atoms. The van der Waals surface area contributed by atoms with Crippen LogP contribution in [0.25, 0.3) is 34.0 Å². The Hall–Kier alpha value is -3.73. The van der Waals surface area contributed by atoms with Gasteiger partial charge in [0.25, 0.3) is 5.89 Å². The van der Waals surface area contributed by atoms with Gasteiger partial charge < -0.3 is 10.3 Å². The fourth-order valence-electron chi connectivity index (χ4n) is 3.51. The molecule has 0 radical (unpaired) electrons. The zero-order chi connectivity index (χ0) is 20.5. The number of hydrogen-bond acceptors (Lipinski definition) is 4. The van der Waals surface area contributed by atoms with Gasteiger partial charge in [0.1, 0.15) is 0 Å². The number of carbonyl (C=O) groups is 1. The number of carbonyl (C=O) groups excluding carboxylic acids is 1. The maximum absolute atomic E-state index is 11.4. The van der Waals surface area contributed by atoms with E-state index in [1.165, 1.54) is 16.7 Å². The molecule has 0 aliphatic rings. The maximum Gasteiger partial charge on any atom is 0.258 e. The van der Waals surface area contributed by atoms with Crippen LogP contribution in [0.2, 0.25) is 0 Å². The number of nitrogens with zero attached hydrogens (tertiary/aromatic N) is 2. The second-order valence-electron chi connectivity index (χ2n) is 7.16. The molecule has 3 aromatic carbocycles. The molecule has 4 aromatic rings. The average molecular weight is 383 g/mol. The van der Waals surface area contributed by atoms with E-state index in [0.29, 0.717) is 17.3 Å². The molecule has 0 atom stereocenters. The summed E-state index contributed by atoms with van der Waals surface area (Å²) in [4.78, 5) is 15.9. The SMILES string of the molecule is Cc1cc(-c2noc(-c3ccc(-c4ccccc4C)c(C)c3)n2)ccc1C(N)=O. The van der Waals surface area contributed by atoms with Crippen LogP contribution in [0.15, 0.2) is 65.2 Å². The highest BCUT2D eigenvalue weighted by Crippen LogP contribution is 2.30. The summed E-state index contributed by atoms with van der Waals surface area (Å²) in [6.45, 7) is 6.02. The van der Waals surface area contributed by atoms with Gasteiger partial charge in [-0.15, -0.1) is 0 Å². The molecular weight excluding hydrogens is 362 g/mol. The van der Waals surface area contributed by atoms with Crippen LogP contribution in [0.4, 0.5) is 0 Å². The van der Waals surface area contributed by atoms with Crippen LogP contribution in [0.5, 0.6) is 0 Å². The number of rotatable bonds is 4. The van der Waals surface area contributed by atoms with Crippen LogP contribution in [-0.2, 0) is 0 Å². The van der Waals surface area contributed by atoms with Crippen molar-refractivity contribution in [3.05, 3.63) is 82.9 Å². The third-order valence-corrected chi connectivity index (χ3v) is 5.08. The maximum atomic E-state index is 11.4. The predicted molar refractivity (Wildman–Crippen MR) is 113 cm³/mol. The number of amides is 1. The van der Waals surface area contributed by atoms with E-state index in [-0.39, 0.29) is 0 Å². The van der Waals surface area contributed by atoms with Crippen LogP contribution in [0.3, 0.4) is 0 Å². The van der Waals surface area contributed by atoms with E-state index in [9.17, 15) is 4.79 Å². The molecule has 0 fully saturated rings. The fourth-order valence-corrected chi connectivity index (χ4v) is 3.51. The standard InChI is InChI=1S/C24H21N3O2/c1-14-6-4-5-7-19(14)20-10-9-18(13-15(20)2)24-26-23(27-29-24)17-8-11-21(22(25)28)16(3)12-17/h4-13H,1-3H3,(H2,25,28). The van der Waals surface area contributed by atoms with Gasteiger partial charge in [-0.3, -0.25) is 4.79 Å². The number of primary amides is 1. The molecule has 2 N–H and O–H groups in total. The second-order valence-corrected chi connectivity index (χ2v) is 7.16. The lowest BCUT2D eigenvalue weighted by molar-refractivity contribution is 0.0999. The molecule has 144 valence electrons. The first-order chi connectivity index (χ1) is 13.9. The van der Waals surface area contributed by atoms with Gasteiger partial charge >= 0.3 is 0 Å². The van der Waals surface area contributed by atoms with E-state index in [0.717, 1.165) is 22.3 Å². The zero-order valence-electron chi connectivity index (χ0n) is 16.6. The number of benzene rings is 3. The number of hydrogen-bond donors (Lipinski definition) is 1. The van der Waals surface area contributed by atoms with Gasteiger partial charge in [-0.2, -0.15) is 4.98 Å². The molecule has 0 aliphatic carbocycles. The lowest BCUT2D eigenvalue weighted by Crippen LogP contribution is -2.12. The Morgan fingerprint density at radius 2 is 1.52 bits per heavy atom. The van der Waals surface area contributed by atoms with Gasteiger partial charge in [-0.1, -0.05) is 41.6 Å². The normalized spacial score (nSPS) is 10.9. The van der Waals surface area contributed by atoms with Crippen molar-refractivity contribution in [3.63, 3.8) is 0 Å². The molecule has 4 rings (SSSR count). The summed E-state index contributed by atoms with van der Waals surface area (Å²) >= 11 is 0. The molecular formula is C24H21N3O2. The first-order valence-corrected chi connectivity index (χ1v) is 9.35. The van der Waals surface area contributed by atoms with Crippen molar-refractivity contribution in [1.82, 2.24) is 10.1 Å². The third kappa shape index (κ3) is 3.55. The summed E-state index contributed by atoms with van der Waals surface area (Å²) in [6.07, 6.45) is 0. The Balaban J connectivity index is 1.67. The quantitative estimate of drug-likeness (QED) is 0.532. The minimum absolute atomic E-state index is 0.452. The van der Waals surface area contributed by atoms with Crippen molar-refractivity contribution >= 4 is 5.91 Å². The molecule has 0 unspecified atom stereocenters. The van der Waals surface area contributed by atoms with E-state index in [1.807, 2.05) is 31.2 Å². The Morgan fingerprint density at radius 3 is 2.21 bits per heavy atom. The molecule has 0 saturated carbocycles. The van der Waals surface area contributed by atoms with Crippen molar-refractivity contribution in [2.24, 2.45) is 5.73 Å². The number of aryl methyl sites for hydroxylation is 3. The minimum Gasteiger partial charge on any atom is -0.366 e. The number of nitrogens with two attached hydrogens (primary N) is 1. The summed E-state index contributed by atoms with van der Waals surface area (Å²) in [5, 5.41) is 4.10. The summed E-state index contributed by atoms with van der Waals surface area (Å²) in [7, 11) is 0. The van der Waals surface area contributed by atoms with Crippen molar-refractivity contribution in [1.29, 1.82) is 0 Å². The van der Waals surface area contributed by atoms with Crippen LogP contribution >= 0.6 is 0 Å². The highest BCUT2D eigenvalue weighted by molar-refractivity contribution is 5.94. The predicted octanol–water partition coefficient (Wildman–Crippen LogP) is 5.09. The monoisotopic (exact) mass is 383 g/mol. The lowest BCUT2D eigenvalue weighted by atomic mass is 9.95. The molecule has 1 aromatic heterocycles. The van der Waals surface area contributed by atoms with Gasteiger partial charge in [0, 0.05) is 16.7 Å². The van der Waals surface area contributed by atoms with Gasteiger partial charge in [-0.25, -0.2) is 0 Å². The van der Waals surface area contributed by atoms with Gasteiger partial charge in [0.15, 0.2) is 0 Å². The Labute approximate surface area is 169 Å². The zero-order valence-corrected chi connectivity index (χ0v) is 16.6. The topological polar surface area (TPSA) is 82.0 Å². The van der Waals surface area contributed by atoms with Crippen molar-refractivity contribution in [2.75, 3.05) is 0 Å². The van der Waals surface area contributed by atoms with Crippen molar-refractivity contribution < 1.29 is 9.32 Å². The second kappa shape index (κ2) is 7.36. The minimum atomic E-state index is -0.452. The lowest BCUT2D eigenvalue weighted by Gasteiger charge is -2.10. The van der Waals surface area contributed by atoms with E-state index >= 15 is 0 Å². The van der Waals surface area contributed by atoms with E-state index in [4.69, 9.17) is 10.3 Å². The summed E-state index contributed by atoms with van der Waals surface area (Å²) in [5.41, 5.74) is 13.0. The highest BCUT2D eigenvalue weighted by atomic mass is 16.5.